The van der Waals surface area contributed by atoms with Crippen LogP contribution in [0.3, 0.4) is 0 Å². The fraction of sp³-hybridized carbons (Fsp3) is 0.250. The topological polar surface area (TPSA) is 46.2 Å². The van der Waals surface area contributed by atoms with Crippen molar-refractivity contribution in [3.05, 3.63) is 57.8 Å². The van der Waals surface area contributed by atoms with Crippen LogP contribution < -0.4 is 5.32 Å². The Hall–Kier alpha value is -2.08. The molecule has 1 aromatic heterocycles. The molecule has 1 aromatic carbocycles. The number of benzene rings is 1. The van der Waals surface area contributed by atoms with Crippen molar-refractivity contribution < 1.29 is 18.4 Å². The Morgan fingerprint density at radius 3 is 2.64 bits per heavy atom. The standard InChI is InChI=1S/C16H15F2NO2S/c1-10(12-5-4-11(17)9-13(12)18)19-16(21)7-6-14(20)15-3-2-8-22-15/h2-5,8-10H,6-7H2,1H3,(H,19,21)/t10-/m0/s1. The second-order valence-corrected chi connectivity index (χ2v) is 5.80. The maximum atomic E-state index is 13.6. The number of halogens is 2. The van der Waals surface area contributed by atoms with Crippen LogP contribution in [0.5, 0.6) is 0 Å². The first-order chi connectivity index (χ1) is 10.5. The molecular formula is C16H15F2NO2S. The van der Waals surface area contributed by atoms with E-state index >= 15 is 0 Å². The number of carbonyl (C=O) groups is 2. The zero-order valence-electron chi connectivity index (χ0n) is 11.9. The lowest BCUT2D eigenvalue weighted by molar-refractivity contribution is -0.121. The molecule has 0 saturated carbocycles. The fourth-order valence-electron chi connectivity index (χ4n) is 2.03. The minimum absolute atomic E-state index is 0.0316. The van der Waals surface area contributed by atoms with Crippen LogP contribution >= 0.6 is 11.3 Å². The Balaban J connectivity index is 1.87. The molecule has 22 heavy (non-hydrogen) atoms. The van der Waals surface area contributed by atoms with Crippen molar-refractivity contribution in [3.8, 4) is 0 Å². The van der Waals surface area contributed by atoms with Crippen molar-refractivity contribution in [1.82, 2.24) is 5.32 Å². The maximum Gasteiger partial charge on any atom is 0.220 e. The maximum absolute atomic E-state index is 13.6. The predicted octanol–water partition coefficient (Wildman–Crippen LogP) is 3.87. The minimum atomic E-state index is -0.706. The highest BCUT2D eigenvalue weighted by Crippen LogP contribution is 2.18. The summed E-state index contributed by atoms with van der Waals surface area (Å²) in [4.78, 5) is 24.2. The molecule has 3 nitrogen and oxygen atoms in total. The lowest BCUT2D eigenvalue weighted by atomic mass is 10.1. The Labute approximate surface area is 131 Å². The summed E-state index contributed by atoms with van der Waals surface area (Å²) in [5.74, 6) is -1.81. The number of rotatable bonds is 6. The molecule has 0 bridgehead atoms. The third-order valence-corrected chi connectivity index (χ3v) is 4.09. The third kappa shape index (κ3) is 4.21. The predicted molar refractivity (Wildman–Crippen MR) is 80.8 cm³/mol. The molecule has 0 fully saturated rings. The van der Waals surface area contributed by atoms with E-state index in [-0.39, 0.29) is 30.1 Å². The molecule has 2 aromatic rings. The molecule has 116 valence electrons. The van der Waals surface area contributed by atoms with Gasteiger partial charge in [-0.1, -0.05) is 12.1 Å². The molecule has 0 aliphatic carbocycles. The molecule has 0 radical (unpaired) electrons. The van der Waals surface area contributed by atoms with Gasteiger partial charge in [0.15, 0.2) is 5.78 Å². The number of carbonyl (C=O) groups excluding carboxylic acids is 2. The van der Waals surface area contributed by atoms with Gasteiger partial charge in [-0.25, -0.2) is 8.78 Å². The van der Waals surface area contributed by atoms with Gasteiger partial charge in [-0.2, -0.15) is 0 Å². The second kappa shape index (κ2) is 7.26. The third-order valence-electron chi connectivity index (χ3n) is 3.18. The van der Waals surface area contributed by atoms with E-state index in [1.54, 1.807) is 24.4 Å². The SMILES string of the molecule is C[C@H](NC(=O)CCC(=O)c1cccs1)c1ccc(F)cc1F. The molecule has 0 saturated heterocycles. The zero-order chi connectivity index (χ0) is 16.1. The largest absolute Gasteiger partial charge is 0.349 e. The summed E-state index contributed by atoms with van der Waals surface area (Å²) in [6.07, 6.45) is 0.134. The Kier molecular flexibility index (Phi) is 5.38. The number of hydrogen-bond acceptors (Lipinski definition) is 3. The van der Waals surface area contributed by atoms with Crippen molar-refractivity contribution in [2.24, 2.45) is 0 Å². The van der Waals surface area contributed by atoms with Crippen LogP contribution in [-0.4, -0.2) is 11.7 Å². The molecule has 0 aliphatic heterocycles. The van der Waals surface area contributed by atoms with Gasteiger partial charge in [-0.15, -0.1) is 11.3 Å². The van der Waals surface area contributed by atoms with Crippen molar-refractivity contribution in [2.75, 3.05) is 0 Å². The summed E-state index contributed by atoms with van der Waals surface area (Å²) < 4.78 is 26.5. The smallest absolute Gasteiger partial charge is 0.220 e. The molecule has 1 heterocycles. The van der Waals surface area contributed by atoms with Crippen LogP contribution in [-0.2, 0) is 4.79 Å². The summed E-state index contributed by atoms with van der Waals surface area (Å²) in [7, 11) is 0. The minimum Gasteiger partial charge on any atom is -0.349 e. The highest BCUT2D eigenvalue weighted by Gasteiger charge is 2.15. The van der Waals surface area contributed by atoms with E-state index in [1.807, 2.05) is 0 Å². The Morgan fingerprint density at radius 2 is 2.00 bits per heavy atom. The normalized spacial score (nSPS) is 12.0. The molecule has 0 unspecified atom stereocenters. The number of Topliss-reactive ketones (excluding diaryl/α,β-unsaturated/α-hetero) is 1. The molecule has 0 spiro atoms. The number of thiophene rings is 1. The van der Waals surface area contributed by atoms with Gasteiger partial charge in [0.1, 0.15) is 11.6 Å². The molecular weight excluding hydrogens is 308 g/mol. The van der Waals surface area contributed by atoms with Gasteiger partial charge in [0.05, 0.1) is 10.9 Å². The Bertz CT molecular complexity index is 671. The van der Waals surface area contributed by atoms with E-state index in [9.17, 15) is 18.4 Å². The van der Waals surface area contributed by atoms with Crippen molar-refractivity contribution >= 4 is 23.0 Å². The first kappa shape index (κ1) is 16.3. The summed E-state index contributed by atoms with van der Waals surface area (Å²) in [6.45, 7) is 1.61. The lowest BCUT2D eigenvalue weighted by Gasteiger charge is -2.15. The van der Waals surface area contributed by atoms with Crippen LogP contribution in [0.25, 0.3) is 0 Å². The van der Waals surface area contributed by atoms with Gasteiger partial charge in [0, 0.05) is 24.5 Å². The molecule has 1 atom stereocenters. The highest BCUT2D eigenvalue weighted by atomic mass is 32.1. The monoisotopic (exact) mass is 323 g/mol. The first-order valence-corrected chi connectivity index (χ1v) is 7.66. The number of ketones is 1. The molecule has 6 heteroatoms. The van der Waals surface area contributed by atoms with Gasteiger partial charge in [0.2, 0.25) is 5.91 Å². The van der Waals surface area contributed by atoms with E-state index in [4.69, 9.17) is 0 Å². The van der Waals surface area contributed by atoms with E-state index in [1.165, 1.54) is 17.4 Å². The van der Waals surface area contributed by atoms with E-state index in [0.717, 1.165) is 12.1 Å². The summed E-state index contributed by atoms with van der Waals surface area (Å²) >= 11 is 1.33. The van der Waals surface area contributed by atoms with Crippen LogP contribution in [0.2, 0.25) is 0 Å². The highest BCUT2D eigenvalue weighted by molar-refractivity contribution is 7.12. The quantitative estimate of drug-likeness (QED) is 0.820. The van der Waals surface area contributed by atoms with Crippen molar-refractivity contribution in [2.45, 2.75) is 25.8 Å². The van der Waals surface area contributed by atoms with Gasteiger partial charge >= 0.3 is 0 Å². The number of amides is 1. The van der Waals surface area contributed by atoms with Gasteiger partial charge in [0.25, 0.3) is 0 Å². The van der Waals surface area contributed by atoms with Crippen LogP contribution in [0.1, 0.15) is 41.0 Å². The van der Waals surface area contributed by atoms with E-state index in [0.29, 0.717) is 4.88 Å². The second-order valence-electron chi connectivity index (χ2n) is 4.86. The average Bonchev–Trinajstić information content (AvgIpc) is 2.98. The number of nitrogens with one attached hydrogen (secondary N) is 1. The average molecular weight is 323 g/mol. The number of hydrogen-bond donors (Lipinski definition) is 1. The van der Waals surface area contributed by atoms with Gasteiger partial charge in [-0.3, -0.25) is 9.59 Å². The lowest BCUT2D eigenvalue weighted by Crippen LogP contribution is -2.27. The van der Waals surface area contributed by atoms with Gasteiger partial charge < -0.3 is 5.32 Å². The molecule has 2 rings (SSSR count). The first-order valence-electron chi connectivity index (χ1n) is 6.78. The van der Waals surface area contributed by atoms with Crippen LogP contribution in [0.4, 0.5) is 8.78 Å². The van der Waals surface area contributed by atoms with Gasteiger partial charge in [-0.05, 0) is 24.4 Å². The molecule has 0 aliphatic rings. The summed E-state index contributed by atoms with van der Waals surface area (Å²) in [6, 6.07) is 6.11. The van der Waals surface area contributed by atoms with E-state index < -0.39 is 17.7 Å². The van der Waals surface area contributed by atoms with Crippen molar-refractivity contribution in [1.29, 1.82) is 0 Å². The van der Waals surface area contributed by atoms with Crippen molar-refractivity contribution in [3.63, 3.8) is 0 Å². The zero-order valence-corrected chi connectivity index (χ0v) is 12.8. The summed E-state index contributed by atoms with van der Waals surface area (Å²) in [5.41, 5.74) is 0.208. The molecule has 1 N–H and O–H groups in total. The fourth-order valence-corrected chi connectivity index (χ4v) is 2.73. The van der Waals surface area contributed by atoms with E-state index in [2.05, 4.69) is 5.32 Å². The van der Waals surface area contributed by atoms with Crippen LogP contribution in [0.15, 0.2) is 35.7 Å². The molecule has 1 amide bonds. The Morgan fingerprint density at radius 1 is 1.23 bits per heavy atom. The summed E-state index contributed by atoms with van der Waals surface area (Å²) in [5, 5.41) is 4.41. The van der Waals surface area contributed by atoms with Crippen LogP contribution in [0, 0.1) is 11.6 Å².